The van der Waals surface area contributed by atoms with Gasteiger partial charge in [-0.2, -0.15) is 18.3 Å². The average Bonchev–Trinajstić information content (AvgIpc) is 2.94. The first-order chi connectivity index (χ1) is 10.9. The molecule has 1 fully saturated rings. The fraction of sp³-hybridized carbons (Fsp3) is 0.812. The summed E-state index contributed by atoms with van der Waals surface area (Å²) in [5.74, 6) is 0. The van der Waals surface area contributed by atoms with Crippen molar-refractivity contribution in [2.75, 3.05) is 0 Å². The van der Waals surface area contributed by atoms with Crippen molar-refractivity contribution >= 4 is 12.7 Å². The maximum absolute atomic E-state index is 12.4. The van der Waals surface area contributed by atoms with Crippen LogP contribution in [0.4, 0.5) is 13.2 Å². The van der Waals surface area contributed by atoms with Gasteiger partial charge in [0.25, 0.3) is 0 Å². The zero-order chi connectivity index (χ0) is 19.2. The lowest BCUT2D eigenvalue weighted by atomic mass is 9.84. The van der Waals surface area contributed by atoms with Crippen LogP contribution in [0.3, 0.4) is 0 Å². The fourth-order valence-electron chi connectivity index (χ4n) is 1.81. The number of alkyl halides is 3. The number of nitrogens with zero attached hydrogens (tertiary/aromatic N) is 2. The van der Waals surface area contributed by atoms with Crippen molar-refractivity contribution in [2.24, 2.45) is 0 Å². The highest BCUT2D eigenvalue weighted by atomic mass is 19.4. The predicted octanol–water partition coefficient (Wildman–Crippen LogP) is 4.19. The first-order valence-corrected chi connectivity index (χ1v) is 8.37. The highest BCUT2D eigenvalue weighted by molar-refractivity contribution is 6.61. The minimum absolute atomic E-state index is 0.274. The lowest BCUT2D eigenvalue weighted by molar-refractivity contribution is -0.142. The summed E-state index contributed by atoms with van der Waals surface area (Å²) in [5.41, 5.74) is -0.910. The van der Waals surface area contributed by atoms with Crippen LogP contribution in [0.1, 0.15) is 61.8 Å². The van der Waals surface area contributed by atoms with Crippen molar-refractivity contribution < 1.29 is 22.5 Å². The third-order valence-corrected chi connectivity index (χ3v) is 3.57. The summed E-state index contributed by atoms with van der Waals surface area (Å²) in [5, 5.41) is 3.68. The van der Waals surface area contributed by atoms with Gasteiger partial charge in [0.2, 0.25) is 0 Å². The van der Waals surface area contributed by atoms with E-state index in [1.54, 1.807) is 0 Å². The Balaban J connectivity index is 0.000000952. The largest absolute Gasteiger partial charge is 0.514 e. The summed E-state index contributed by atoms with van der Waals surface area (Å²) >= 11 is 0. The maximum atomic E-state index is 12.4. The van der Waals surface area contributed by atoms with Gasteiger partial charge in [-0.15, -0.1) is 0 Å². The Labute approximate surface area is 143 Å². The van der Waals surface area contributed by atoms with Crippen LogP contribution in [-0.2, 0) is 15.9 Å². The van der Waals surface area contributed by atoms with E-state index >= 15 is 0 Å². The Morgan fingerprint density at radius 2 is 1.50 bits per heavy atom. The molecule has 0 saturated carbocycles. The summed E-state index contributed by atoms with van der Waals surface area (Å²) in [7, 11) is -0.838. The van der Waals surface area contributed by atoms with E-state index in [2.05, 4.69) is 18.9 Å². The third kappa shape index (κ3) is 6.13. The van der Waals surface area contributed by atoms with Gasteiger partial charge < -0.3 is 9.31 Å². The molecular weight excluding hydrogens is 320 g/mol. The lowest BCUT2D eigenvalue weighted by Gasteiger charge is -2.32. The molecule has 2 rings (SSSR count). The molecule has 2 heterocycles. The van der Waals surface area contributed by atoms with Gasteiger partial charge in [0, 0.05) is 6.20 Å². The molecule has 0 unspecified atom stereocenters. The normalized spacial score (nSPS) is 18.4. The summed E-state index contributed by atoms with van der Waals surface area (Å²) in [6, 6.07) is 1.48. The first-order valence-electron chi connectivity index (χ1n) is 8.37. The van der Waals surface area contributed by atoms with E-state index < -0.39 is 31.0 Å². The van der Waals surface area contributed by atoms with Crippen LogP contribution in [0.5, 0.6) is 0 Å². The second kappa shape index (κ2) is 8.90. The van der Waals surface area contributed by atoms with Gasteiger partial charge in [-0.05, 0) is 33.8 Å². The number of hydrogen-bond acceptors (Lipinski definition) is 3. The van der Waals surface area contributed by atoms with E-state index in [9.17, 15) is 13.2 Å². The predicted molar refractivity (Wildman–Crippen MR) is 91.3 cm³/mol. The Bertz CT molecular complexity index is 472. The molecule has 0 aliphatic carbocycles. The minimum Gasteiger partial charge on any atom is -0.398 e. The number of hydrogen-bond donors (Lipinski definition) is 0. The standard InChI is InChI=1S/C11H16BF3N2O2.C3H8.C2H6/c1-9(2)10(3,4)19-12(18-9)8-5-6-16-17(8)7-11(13,14)15;1-3-2;1-2/h5-6H,7H2,1-4H3;3H2,1-2H3;1-2H3. The lowest BCUT2D eigenvalue weighted by Crippen LogP contribution is -2.41. The average molecular weight is 350 g/mol. The van der Waals surface area contributed by atoms with Gasteiger partial charge >= 0.3 is 13.3 Å². The molecule has 4 nitrogen and oxygen atoms in total. The highest BCUT2D eigenvalue weighted by Crippen LogP contribution is 2.36. The second-order valence-corrected chi connectivity index (χ2v) is 6.32. The van der Waals surface area contributed by atoms with Crippen molar-refractivity contribution in [1.29, 1.82) is 0 Å². The van der Waals surface area contributed by atoms with E-state index in [-0.39, 0.29) is 5.59 Å². The summed E-state index contributed by atoms with van der Waals surface area (Å²) in [6.45, 7) is 14.5. The number of aromatic nitrogens is 2. The molecule has 24 heavy (non-hydrogen) atoms. The van der Waals surface area contributed by atoms with Crippen molar-refractivity contribution in [3.63, 3.8) is 0 Å². The Morgan fingerprint density at radius 3 is 1.88 bits per heavy atom. The molecule has 140 valence electrons. The SMILES string of the molecule is CC.CC1(C)OB(c2ccnn2CC(F)(F)F)OC1(C)C.CCC. The number of rotatable bonds is 2. The van der Waals surface area contributed by atoms with Crippen molar-refractivity contribution in [2.45, 2.75) is 85.7 Å². The molecule has 0 spiro atoms. The molecule has 1 aromatic heterocycles. The maximum Gasteiger partial charge on any atom is 0.514 e. The first kappa shape index (κ1) is 23.0. The zero-order valence-corrected chi connectivity index (χ0v) is 16.0. The van der Waals surface area contributed by atoms with Crippen LogP contribution >= 0.6 is 0 Å². The second-order valence-electron chi connectivity index (χ2n) is 6.32. The molecule has 1 aliphatic heterocycles. The minimum atomic E-state index is -4.33. The van der Waals surface area contributed by atoms with Crippen molar-refractivity contribution in [1.82, 2.24) is 9.78 Å². The van der Waals surface area contributed by atoms with Gasteiger partial charge in [0.1, 0.15) is 6.54 Å². The molecule has 0 aromatic carbocycles. The molecule has 1 aromatic rings. The summed E-state index contributed by atoms with van der Waals surface area (Å²) in [6.07, 6.45) is -1.77. The van der Waals surface area contributed by atoms with E-state index in [0.717, 1.165) is 4.68 Å². The molecule has 1 aliphatic rings. The van der Waals surface area contributed by atoms with Crippen LogP contribution < -0.4 is 5.59 Å². The van der Waals surface area contributed by atoms with Crippen molar-refractivity contribution in [3.8, 4) is 0 Å². The molecule has 1 saturated heterocycles. The monoisotopic (exact) mass is 350 g/mol. The Kier molecular flexibility index (Phi) is 8.52. The smallest absolute Gasteiger partial charge is 0.398 e. The van der Waals surface area contributed by atoms with Crippen LogP contribution in [0.25, 0.3) is 0 Å². The quantitative estimate of drug-likeness (QED) is 0.751. The van der Waals surface area contributed by atoms with E-state index in [1.165, 1.54) is 18.7 Å². The van der Waals surface area contributed by atoms with Gasteiger partial charge in [-0.25, -0.2) is 0 Å². The molecule has 0 atom stereocenters. The van der Waals surface area contributed by atoms with Crippen LogP contribution in [0.15, 0.2) is 12.3 Å². The summed E-state index contributed by atoms with van der Waals surface area (Å²) in [4.78, 5) is 0. The zero-order valence-electron chi connectivity index (χ0n) is 16.0. The molecule has 0 amide bonds. The van der Waals surface area contributed by atoms with Gasteiger partial charge in [-0.1, -0.05) is 34.1 Å². The van der Waals surface area contributed by atoms with E-state index in [0.29, 0.717) is 0 Å². The van der Waals surface area contributed by atoms with Crippen molar-refractivity contribution in [3.05, 3.63) is 12.3 Å². The molecule has 0 radical (unpaired) electrons. The summed E-state index contributed by atoms with van der Waals surface area (Å²) < 4.78 is 49.6. The molecule has 0 N–H and O–H groups in total. The van der Waals surface area contributed by atoms with E-state index in [4.69, 9.17) is 9.31 Å². The van der Waals surface area contributed by atoms with Crippen LogP contribution in [0.2, 0.25) is 0 Å². The third-order valence-electron chi connectivity index (χ3n) is 3.57. The van der Waals surface area contributed by atoms with Gasteiger partial charge in [0.05, 0.1) is 16.8 Å². The Hall–Kier alpha value is -1.02. The van der Waals surface area contributed by atoms with E-state index in [1.807, 2.05) is 41.5 Å². The number of halogens is 3. The van der Waals surface area contributed by atoms with Crippen LogP contribution in [0, 0.1) is 0 Å². The van der Waals surface area contributed by atoms with Gasteiger partial charge in [0.15, 0.2) is 0 Å². The molecule has 8 heteroatoms. The Morgan fingerprint density at radius 1 is 1.08 bits per heavy atom. The molecule has 0 bridgehead atoms. The fourth-order valence-corrected chi connectivity index (χ4v) is 1.81. The van der Waals surface area contributed by atoms with Gasteiger partial charge in [-0.3, -0.25) is 4.68 Å². The van der Waals surface area contributed by atoms with Crippen LogP contribution in [-0.4, -0.2) is 34.3 Å². The molecular formula is C16H30BF3N2O2. The topological polar surface area (TPSA) is 36.3 Å². The highest BCUT2D eigenvalue weighted by Gasteiger charge is 2.53.